The Morgan fingerprint density at radius 2 is 1.75 bits per heavy atom. The first-order chi connectivity index (χ1) is 9.35. The highest BCUT2D eigenvalue weighted by atomic mass is 19.1. The van der Waals surface area contributed by atoms with E-state index in [-0.39, 0.29) is 12.0 Å². The number of allylic oxidation sites excluding steroid dienone is 3. The van der Waals surface area contributed by atoms with E-state index in [1.54, 1.807) is 0 Å². The van der Waals surface area contributed by atoms with E-state index >= 15 is 0 Å². The Kier molecular flexibility index (Phi) is 19.1. The lowest BCUT2D eigenvalue weighted by atomic mass is 10.0. The number of nitrogens with zero attached hydrogens (tertiary/aromatic N) is 1. The first-order valence-electron chi connectivity index (χ1n) is 6.54. The van der Waals surface area contributed by atoms with E-state index in [0.29, 0.717) is 6.29 Å². The lowest BCUT2D eigenvalue weighted by Crippen LogP contribution is -2.38. The van der Waals surface area contributed by atoms with Crippen LogP contribution in [0.25, 0.3) is 0 Å². The maximum atomic E-state index is 13.2. The molecule has 0 aliphatic rings. The summed E-state index contributed by atoms with van der Waals surface area (Å²) in [5.74, 6) is 4.05. The summed E-state index contributed by atoms with van der Waals surface area (Å²) < 4.78 is 26.2. The molecule has 0 rings (SSSR count). The second kappa shape index (κ2) is 15.9. The third-order valence-corrected chi connectivity index (χ3v) is 2.05. The molecule has 0 amide bonds. The van der Waals surface area contributed by atoms with Gasteiger partial charge in [-0.1, -0.05) is 19.9 Å². The van der Waals surface area contributed by atoms with Gasteiger partial charge in [0.15, 0.2) is 0 Å². The number of nitrogens with one attached hydrogen (secondary N) is 1. The molecule has 0 aromatic carbocycles. The molecule has 0 spiro atoms. The number of carbonyl (C=O) groups is 1. The molecule has 6 heteroatoms. The SMILES string of the molecule is C/C=C(F)\C(C[C@@H](C=O)N(C)N)=C(/C)F.CC.CNC. The zero-order valence-corrected chi connectivity index (χ0v) is 13.6. The summed E-state index contributed by atoms with van der Waals surface area (Å²) >= 11 is 0. The van der Waals surface area contributed by atoms with Gasteiger partial charge < -0.3 is 10.1 Å². The Labute approximate surface area is 121 Å². The predicted molar refractivity (Wildman–Crippen MR) is 81.4 cm³/mol. The Morgan fingerprint density at radius 1 is 1.35 bits per heavy atom. The number of hydrogen-bond acceptors (Lipinski definition) is 4. The Bertz CT molecular complexity index is 299. The Hall–Kier alpha value is -1.11. The van der Waals surface area contributed by atoms with Crippen molar-refractivity contribution >= 4 is 6.29 Å². The van der Waals surface area contributed by atoms with Gasteiger partial charge in [0.2, 0.25) is 0 Å². The quantitative estimate of drug-likeness (QED) is 0.354. The summed E-state index contributed by atoms with van der Waals surface area (Å²) in [4.78, 5) is 10.6. The number of aldehydes is 1. The van der Waals surface area contributed by atoms with Crippen molar-refractivity contribution in [3.8, 4) is 0 Å². The molecule has 0 aromatic heterocycles. The second-order valence-corrected chi connectivity index (χ2v) is 3.72. The first kappa shape index (κ1) is 23.9. The van der Waals surface area contributed by atoms with Crippen molar-refractivity contribution in [3.05, 3.63) is 23.3 Å². The van der Waals surface area contributed by atoms with E-state index in [1.165, 1.54) is 14.0 Å². The number of halogens is 2. The monoisotopic (exact) mass is 293 g/mol. The van der Waals surface area contributed by atoms with E-state index in [0.717, 1.165) is 18.0 Å². The number of hydrogen-bond donors (Lipinski definition) is 2. The lowest BCUT2D eigenvalue weighted by molar-refractivity contribution is -0.112. The molecule has 0 saturated carbocycles. The summed E-state index contributed by atoms with van der Waals surface area (Å²) in [6.45, 7) is 6.61. The van der Waals surface area contributed by atoms with Crippen LogP contribution in [0.2, 0.25) is 0 Å². The number of hydrazine groups is 1. The third-order valence-electron chi connectivity index (χ3n) is 2.05. The van der Waals surface area contributed by atoms with Gasteiger partial charge in [0.25, 0.3) is 0 Å². The lowest BCUT2D eigenvalue weighted by Gasteiger charge is -2.19. The van der Waals surface area contributed by atoms with E-state index in [1.807, 2.05) is 27.9 Å². The molecule has 0 unspecified atom stereocenters. The van der Waals surface area contributed by atoms with Crippen molar-refractivity contribution in [1.29, 1.82) is 0 Å². The number of nitrogens with two attached hydrogens (primary N) is 1. The van der Waals surface area contributed by atoms with Crippen molar-refractivity contribution in [3.63, 3.8) is 0 Å². The topological polar surface area (TPSA) is 58.4 Å². The summed E-state index contributed by atoms with van der Waals surface area (Å²) in [6.07, 6.45) is 1.64. The van der Waals surface area contributed by atoms with Crippen LogP contribution >= 0.6 is 0 Å². The average Bonchev–Trinajstić information content (AvgIpc) is 2.41. The molecule has 0 aromatic rings. The average molecular weight is 293 g/mol. The molecule has 0 saturated heterocycles. The standard InChI is InChI=1S/C10H16F2N2O.C2H7N.C2H6/c1-4-10(12)9(7(2)11)5-8(6-15)14(3)13;1-3-2;1-2/h4,6,8H,5,13H2,1-3H3;3H,1-2H3;1-2H3/b9-7+,10-4+;;/t8-;;/m0../s1. The van der Waals surface area contributed by atoms with Crippen LogP contribution in [0.5, 0.6) is 0 Å². The molecular weight excluding hydrogens is 264 g/mol. The van der Waals surface area contributed by atoms with Gasteiger partial charge in [0.05, 0.1) is 6.04 Å². The zero-order chi connectivity index (χ0) is 16.7. The van der Waals surface area contributed by atoms with Gasteiger partial charge in [-0.3, -0.25) is 5.84 Å². The van der Waals surface area contributed by atoms with Crippen LogP contribution in [0, 0.1) is 0 Å². The largest absolute Gasteiger partial charge is 0.323 e. The number of carbonyl (C=O) groups excluding carboxylic acids is 1. The maximum absolute atomic E-state index is 13.2. The first-order valence-corrected chi connectivity index (χ1v) is 6.54. The summed E-state index contributed by atoms with van der Waals surface area (Å²) in [7, 11) is 5.22. The highest BCUT2D eigenvalue weighted by Crippen LogP contribution is 2.22. The van der Waals surface area contributed by atoms with Gasteiger partial charge in [-0.15, -0.1) is 0 Å². The van der Waals surface area contributed by atoms with Crippen LogP contribution in [-0.4, -0.2) is 38.5 Å². The van der Waals surface area contributed by atoms with Gasteiger partial charge in [0, 0.05) is 19.0 Å². The van der Waals surface area contributed by atoms with Crippen LogP contribution in [0.1, 0.15) is 34.1 Å². The molecule has 0 radical (unpaired) electrons. The molecular formula is C14H29F2N3O. The fourth-order valence-electron chi connectivity index (χ4n) is 1.07. The maximum Gasteiger partial charge on any atom is 0.138 e. The molecule has 120 valence electrons. The van der Waals surface area contributed by atoms with E-state index < -0.39 is 17.7 Å². The van der Waals surface area contributed by atoms with Crippen LogP contribution in [0.15, 0.2) is 23.3 Å². The molecule has 0 aliphatic heterocycles. The Morgan fingerprint density at radius 3 is 1.95 bits per heavy atom. The van der Waals surface area contributed by atoms with Gasteiger partial charge in [0.1, 0.15) is 17.9 Å². The molecule has 0 aliphatic carbocycles. The summed E-state index contributed by atoms with van der Waals surface area (Å²) in [6, 6.07) is -0.726. The number of rotatable bonds is 5. The van der Waals surface area contributed by atoms with E-state index in [4.69, 9.17) is 5.84 Å². The molecule has 0 fully saturated rings. The van der Waals surface area contributed by atoms with Crippen LogP contribution in [0.4, 0.5) is 8.78 Å². The second-order valence-electron chi connectivity index (χ2n) is 3.72. The van der Waals surface area contributed by atoms with Crippen molar-refractivity contribution in [2.24, 2.45) is 5.84 Å². The fourth-order valence-corrected chi connectivity index (χ4v) is 1.07. The molecule has 3 N–H and O–H groups in total. The molecule has 4 nitrogen and oxygen atoms in total. The summed E-state index contributed by atoms with van der Waals surface area (Å²) in [5, 5.41) is 3.87. The molecule has 0 heterocycles. The minimum absolute atomic E-state index is 0.0744. The van der Waals surface area contributed by atoms with Crippen molar-refractivity contribution < 1.29 is 13.6 Å². The minimum atomic E-state index is -0.726. The van der Waals surface area contributed by atoms with Crippen molar-refractivity contribution in [2.75, 3.05) is 21.1 Å². The Balaban J connectivity index is -0.000000505. The van der Waals surface area contributed by atoms with Crippen molar-refractivity contribution in [1.82, 2.24) is 10.3 Å². The predicted octanol–water partition coefficient (Wildman–Crippen LogP) is 2.73. The zero-order valence-electron chi connectivity index (χ0n) is 13.6. The van der Waals surface area contributed by atoms with Crippen molar-refractivity contribution in [2.45, 2.75) is 40.2 Å². The van der Waals surface area contributed by atoms with Gasteiger partial charge >= 0.3 is 0 Å². The van der Waals surface area contributed by atoms with Crippen LogP contribution in [-0.2, 0) is 4.79 Å². The third kappa shape index (κ3) is 12.0. The van der Waals surface area contributed by atoms with Gasteiger partial charge in [-0.05, 0) is 27.9 Å². The highest BCUT2D eigenvalue weighted by Gasteiger charge is 2.17. The summed E-state index contributed by atoms with van der Waals surface area (Å²) in [5.41, 5.74) is -0.119. The van der Waals surface area contributed by atoms with Gasteiger partial charge in [-0.25, -0.2) is 13.8 Å². The molecule has 20 heavy (non-hydrogen) atoms. The minimum Gasteiger partial charge on any atom is -0.323 e. The smallest absolute Gasteiger partial charge is 0.138 e. The van der Waals surface area contributed by atoms with E-state index in [2.05, 4.69) is 5.32 Å². The highest BCUT2D eigenvalue weighted by molar-refractivity contribution is 5.58. The van der Waals surface area contributed by atoms with Crippen LogP contribution in [0.3, 0.4) is 0 Å². The van der Waals surface area contributed by atoms with Crippen LogP contribution < -0.4 is 11.2 Å². The number of likely N-dealkylation sites (N-methyl/N-ethyl adjacent to an activating group) is 1. The molecule has 0 bridgehead atoms. The van der Waals surface area contributed by atoms with E-state index in [9.17, 15) is 13.6 Å². The fraction of sp³-hybridized carbons (Fsp3) is 0.643. The molecule has 1 atom stereocenters. The van der Waals surface area contributed by atoms with Gasteiger partial charge in [-0.2, -0.15) is 0 Å². The normalized spacial score (nSPS) is 13.4.